The van der Waals surface area contributed by atoms with Gasteiger partial charge in [-0.25, -0.2) is 8.78 Å². The van der Waals surface area contributed by atoms with E-state index < -0.39 is 5.82 Å². The zero-order valence-corrected chi connectivity index (χ0v) is 10.9. The van der Waals surface area contributed by atoms with Gasteiger partial charge in [-0.3, -0.25) is 0 Å². The molecule has 1 nitrogen and oxygen atoms in total. The van der Waals surface area contributed by atoms with Crippen LogP contribution in [0.2, 0.25) is 0 Å². The smallest absolute Gasteiger partial charge is 0.126 e. The molecule has 1 aliphatic rings. The van der Waals surface area contributed by atoms with Crippen LogP contribution in [0.1, 0.15) is 44.6 Å². The number of halogens is 2. The van der Waals surface area contributed by atoms with Gasteiger partial charge >= 0.3 is 0 Å². The molecule has 0 amide bonds. The highest BCUT2D eigenvalue weighted by molar-refractivity contribution is 5.21. The van der Waals surface area contributed by atoms with Gasteiger partial charge in [-0.1, -0.05) is 19.8 Å². The van der Waals surface area contributed by atoms with Crippen molar-refractivity contribution in [2.24, 2.45) is 11.7 Å². The average molecular weight is 253 g/mol. The molecule has 2 unspecified atom stereocenters. The van der Waals surface area contributed by atoms with Crippen LogP contribution >= 0.6 is 0 Å². The lowest BCUT2D eigenvalue weighted by Crippen LogP contribution is -2.41. The van der Waals surface area contributed by atoms with Crippen LogP contribution in [0, 0.1) is 17.6 Å². The Labute approximate surface area is 107 Å². The van der Waals surface area contributed by atoms with E-state index in [1.165, 1.54) is 18.6 Å². The summed E-state index contributed by atoms with van der Waals surface area (Å²) >= 11 is 0. The topological polar surface area (TPSA) is 26.0 Å². The van der Waals surface area contributed by atoms with Crippen LogP contribution in [-0.4, -0.2) is 5.54 Å². The first-order valence-electron chi connectivity index (χ1n) is 6.71. The molecule has 0 bridgehead atoms. The van der Waals surface area contributed by atoms with E-state index in [4.69, 9.17) is 5.73 Å². The summed E-state index contributed by atoms with van der Waals surface area (Å²) in [4.78, 5) is 0. The third kappa shape index (κ3) is 3.29. The molecule has 100 valence electrons. The van der Waals surface area contributed by atoms with Crippen molar-refractivity contribution in [2.45, 2.75) is 51.0 Å². The summed E-state index contributed by atoms with van der Waals surface area (Å²) in [6.45, 7) is 2.23. The number of rotatable bonds is 2. The molecule has 1 aliphatic carbocycles. The fraction of sp³-hybridized carbons (Fsp3) is 0.600. The molecule has 0 aliphatic heterocycles. The minimum Gasteiger partial charge on any atom is -0.325 e. The molecule has 18 heavy (non-hydrogen) atoms. The Balaban J connectivity index is 2.13. The van der Waals surface area contributed by atoms with Crippen LogP contribution in [0.4, 0.5) is 8.78 Å². The van der Waals surface area contributed by atoms with Crippen LogP contribution < -0.4 is 5.73 Å². The Morgan fingerprint density at radius 1 is 1.28 bits per heavy atom. The fourth-order valence-corrected chi connectivity index (χ4v) is 2.84. The second kappa shape index (κ2) is 5.35. The lowest BCUT2D eigenvalue weighted by molar-refractivity contribution is 0.357. The zero-order valence-electron chi connectivity index (χ0n) is 10.9. The Morgan fingerprint density at radius 3 is 2.83 bits per heavy atom. The summed E-state index contributed by atoms with van der Waals surface area (Å²) in [5, 5.41) is 0. The van der Waals surface area contributed by atoms with Crippen molar-refractivity contribution >= 4 is 0 Å². The van der Waals surface area contributed by atoms with Gasteiger partial charge in [-0.2, -0.15) is 0 Å². The molecule has 0 radical (unpaired) electrons. The van der Waals surface area contributed by atoms with Gasteiger partial charge in [0.1, 0.15) is 11.6 Å². The van der Waals surface area contributed by atoms with E-state index in [0.717, 1.165) is 31.7 Å². The van der Waals surface area contributed by atoms with Crippen LogP contribution in [-0.2, 0) is 6.42 Å². The van der Waals surface area contributed by atoms with Crippen molar-refractivity contribution in [3.05, 3.63) is 35.4 Å². The van der Waals surface area contributed by atoms with Crippen molar-refractivity contribution in [1.29, 1.82) is 0 Å². The first-order chi connectivity index (χ1) is 8.48. The third-order valence-corrected chi connectivity index (χ3v) is 4.06. The summed E-state index contributed by atoms with van der Waals surface area (Å²) < 4.78 is 26.8. The number of hydrogen-bond acceptors (Lipinski definition) is 1. The summed E-state index contributed by atoms with van der Waals surface area (Å²) in [5.74, 6) is -0.0525. The molecule has 1 aromatic rings. The van der Waals surface area contributed by atoms with E-state index in [1.807, 2.05) is 0 Å². The summed E-state index contributed by atoms with van der Waals surface area (Å²) in [7, 11) is 0. The molecule has 3 heteroatoms. The zero-order chi connectivity index (χ0) is 13.2. The van der Waals surface area contributed by atoms with Crippen LogP contribution in [0.5, 0.6) is 0 Å². The fourth-order valence-electron chi connectivity index (χ4n) is 2.84. The Kier molecular flexibility index (Phi) is 4.00. The normalized spacial score (nSPS) is 29.0. The molecule has 1 aromatic carbocycles. The van der Waals surface area contributed by atoms with Crippen LogP contribution in [0.3, 0.4) is 0 Å². The maximum Gasteiger partial charge on any atom is 0.126 e. The molecule has 0 heterocycles. The average Bonchev–Trinajstić information content (AvgIpc) is 2.47. The molecule has 2 N–H and O–H groups in total. The second-order valence-electron chi connectivity index (χ2n) is 5.81. The Morgan fingerprint density at radius 2 is 2.06 bits per heavy atom. The summed E-state index contributed by atoms with van der Waals surface area (Å²) in [6.07, 6.45) is 5.56. The molecular formula is C15H21F2N. The number of hydrogen-bond donors (Lipinski definition) is 1. The van der Waals surface area contributed by atoms with Crippen molar-refractivity contribution in [2.75, 3.05) is 0 Å². The van der Waals surface area contributed by atoms with Crippen molar-refractivity contribution in [3.63, 3.8) is 0 Å². The molecule has 1 saturated carbocycles. The molecule has 2 atom stereocenters. The highest BCUT2D eigenvalue weighted by Crippen LogP contribution is 2.31. The Bertz CT molecular complexity index is 419. The molecule has 0 spiro atoms. The van der Waals surface area contributed by atoms with Crippen LogP contribution in [0.15, 0.2) is 18.2 Å². The highest BCUT2D eigenvalue weighted by Gasteiger charge is 2.29. The van der Waals surface area contributed by atoms with Gasteiger partial charge in [0.25, 0.3) is 0 Å². The summed E-state index contributed by atoms with van der Waals surface area (Å²) in [6, 6.07) is 3.61. The van der Waals surface area contributed by atoms with Gasteiger partial charge in [-0.05, 0) is 55.4 Å². The lowest BCUT2D eigenvalue weighted by Gasteiger charge is -2.28. The van der Waals surface area contributed by atoms with Crippen molar-refractivity contribution in [1.82, 2.24) is 0 Å². The first kappa shape index (κ1) is 13.5. The van der Waals surface area contributed by atoms with Crippen molar-refractivity contribution < 1.29 is 8.78 Å². The molecular weight excluding hydrogens is 232 g/mol. The second-order valence-corrected chi connectivity index (χ2v) is 5.81. The number of nitrogens with two attached hydrogens (primary N) is 1. The molecule has 1 fully saturated rings. The summed E-state index contributed by atoms with van der Waals surface area (Å²) in [5.41, 5.74) is 6.42. The predicted octanol–water partition coefficient (Wildman–Crippen LogP) is 3.81. The quantitative estimate of drug-likeness (QED) is 0.797. The van der Waals surface area contributed by atoms with E-state index in [1.54, 1.807) is 0 Å². The van der Waals surface area contributed by atoms with E-state index in [0.29, 0.717) is 17.9 Å². The minimum atomic E-state index is -0.392. The standard InChI is InChI=1S/C15H21F2N/c1-11-3-2-7-15(18,8-6-11)10-12-9-13(16)4-5-14(12)17/h4-5,9,11H,2-3,6-8,10,18H2,1H3. The van der Waals surface area contributed by atoms with Gasteiger partial charge in [0, 0.05) is 5.54 Å². The first-order valence-corrected chi connectivity index (χ1v) is 6.71. The van der Waals surface area contributed by atoms with E-state index in [2.05, 4.69) is 6.92 Å². The molecule has 0 saturated heterocycles. The third-order valence-electron chi connectivity index (χ3n) is 4.06. The van der Waals surface area contributed by atoms with E-state index in [9.17, 15) is 8.78 Å². The maximum atomic E-state index is 13.7. The van der Waals surface area contributed by atoms with Gasteiger partial charge in [-0.15, -0.1) is 0 Å². The largest absolute Gasteiger partial charge is 0.325 e. The van der Waals surface area contributed by atoms with E-state index in [-0.39, 0.29) is 11.4 Å². The van der Waals surface area contributed by atoms with Gasteiger partial charge < -0.3 is 5.73 Å². The Hall–Kier alpha value is -0.960. The molecule has 2 rings (SSSR count). The van der Waals surface area contributed by atoms with Gasteiger partial charge in [0.2, 0.25) is 0 Å². The van der Waals surface area contributed by atoms with Gasteiger partial charge in [0.05, 0.1) is 0 Å². The van der Waals surface area contributed by atoms with Gasteiger partial charge in [0.15, 0.2) is 0 Å². The van der Waals surface area contributed by atoms with Crippen LogP contribution in [0.25, 0.3) is 0 Å². The molecule has 0 aromatic heterocycles. The highest BCUT2D eigenvalue weighted by atomic mass is 19.1. The van der Waals surface area contributed by atoms with Crippen molar-refractivity contribution in [3.8, 4) is 0 Å². The SMILES string of the molecule is CC1CCCC(N)(Cc2cc(F)ccc2F)CC1. The lowest BCUT2D eigenvalue weighted by atomic mass is 9.84. The maximum absolute atomic E-state index is 13.7. The number of benzene rings is 1. The van der Waals surface area contributed by atoms with E-state index >= 15 is 0 Å². The monoisotopic (exact) mass is 253 g/mol. The minimum absolute atomic E-state index is 0.349. The predicted molar refractivity (Wildman–Crippen MR) is 69.2 cm³/mol.